The third-order valence-electron chi connectivity index (χ3n) is 3.75. The molecule has 0 spiro atoms. The molecule has 0 aliphatic carbocycles. The number of benzene rings is 1. The molecule has 1 atom stereocenters. The third-order valence-corrected chi connectivity index (χ3v) is 5.66. The van der Waals surface area contributed by atoms with Gasteiger partial charge in [-0.2, -0.15) is 4.31 Å². The Morgan fingerprint density at radius 3 is 2.55 bits per heavy atom. The highest BCUT2D eigenvalue weighted by Gasteiger charge is 2.26. The molecule has 0 saturated carbocycles. The van der Waals surface area contributed by atoms with Crippen LogP contribution < -0.4 is 4.74 Å². The topological polar surface area (TPSA) is 46.6 Å². The summed E-state index contributed by atoms with van der Waals surface area (Å²) in [7, 11) is -3.36. The summed E-state index contributed by atoms with van der Waals surface area (Å²) in [5.74, 6) is 1.31. The van der Waals surface area contributed by atoms with Crippen molar-refractivity contribution < 1.29 is 13.2 Å². The monoisotopic (exact) mass is 297 g/mol. The van der Waals surface area contributed by atoms with Crippen LogP contribution in [0.2, 0.25) is 0 Å². The van der Waals surface area contributed by atoms with E-state index in [1.807, 2.05) is 6.92 Å². The van der Waals surface area contributed by atoms with E-state index in [2.05, 4.69) is 6.92 Å². The van der Waals surface area contributed by atoms with Gasteiger partial charge in [0.15, 0.2) is 0 Å². The molecule has 0 radical (unpaired) electrons. The molecule has 1 aromatic carbocycles. The molecule has 112 valence electrons. The van der Waals surface area contributed by atoms with Crippen molar-refractivity contribution in [3.8, 4) is 5.75 Å². The van der Waals surface area contributed by atoms with Gasteiger partial charge in [-0.05, 0) is 56.4 Å². The predicted molar refractivity (Wildman–Crippen MR) is 79.4 cm³/mol. The summed E-state index contributed by atoms with van der Waals surface area (Å²) in [6.45, 7) is 5.92. The minimum atomic E-state index is -3.36. The van der Waals surface area contributed by atoms with E-state index in [4.69, 9.17) is 4.74 Å². The zero-order valence-electron chi connectivity index (χ0n) is 12.2. The van der Waals surface area contributed by atoms with E-state index in [1.165, 1.54) is 0 Å². The van der Waals surface area contributed by atoms with Crippen LogP contribution in [0.15, 0.2) is 29.2 Å². The molecule has 5 heteroatoms. The first-order chi connectivity index (χ1) is 9.54. The fourth-order valence-corrected chi connectivity index (χ4v) is 3.99. The van der Waals surface area contributed by atoms with Gasteiger partial charge in [-0.3, -0.25) is 0 Å². The zero-order valence-corrected chi connectivity index (χ0v) is 13.0. The highest BCUT2D eigenvalue weighted by atomic mass is 32.2. The highest BCUT2D eigenvalue weighted by molar-refractivity contribution is 7.89. The average molecular weight is 297 g/mol. The minimum Gasteiger partial charge on any atom is -0.494 e. The van der Waals surface area contributed by atoms with Gasteiger partial charge < -0.3 is 4.74 Å². The molecule has 1 unspecified atom stereocenters. The maximum absolute atomic E-state index is 12.6. The van der Waals surface area contributed by atoms with Crippen LogP contribution >= 0.6 is 0 Å². The molecular weight excluding hydrogens is 274 g/mol. The molecule has 0 amide bonds. The fraction of sp³-hybridized carbons (Fsp3) is 0.600. The molecule has 1 aromatic rings. The maximum atomic E-state index is 12.6. The average Bonchev–Trinajstić information content (AvgIpc) is 2.65. The molecule has 1 fully saturated rings. The predicted octanol–water partition coefficient (Wildman–Crippen LogP) is 2.90. The van der Waals surface area contributed by atoms with Crippen molar-refractivity contribution in [1.29, 1.82) is 0 Å². The van der Waals surface area contributed by atoms with Crippen LogP contribution in [0.1, 0.15) is 33.1 Å². The molecule has 1 aliphatic heterocycles. The van der Waals surface area contributed by atoms with Crippen LogP contribution in [0.4, 0.5) is 0 Å². The summed E-state index contributed by atoms with van der Waals surface area (Å²) in [6.07, 6.45) is 2.99. The van der Waals surface area contributed by atoms with Gasteiger partial charge >= 0.3 is 0 Å². The van der Waals surface area contributed by atoms with Crippen LogP contribution in [0.3, 0.4) is 0 Å². The summed E-state index contributed by atoms with van der Waals surface area (Å²) >= 11 is 0. The van der Waals surface area contributed by atoms with Crippen LogP contribution in [-0.2, 0) is 10.0 Å². The summed E-state index contributed by atoms with van der Waals surface area (Å²) in [4.78, 5) is 0.357. The van der Waals surface area contributed by atoms with Gasteiger partial charge in [0.1, 0.15) is 5.75 Å². The molecule has 0 bridgehead atoms. The normalized spacial score (nSPS) is 21.4. The van der Waals surface area contributed by atoms with Crippen molar-refractivity contribution in [3.63, 3.8) is 0 Å². The number of hydrogen-bond acceptors (Lipinski definition) is 3. The molecule has 2 rings (SSSR count). The van der Waals surface area contributed by atoms with Gasteiger partial charge in [-0.15, -0.1) is 0 Å². The Morgan fingerprint density at radius 2 is 1.90 bits per heavy atom. The van der Waals surface area contributed by atoms with Crippen LogP contribution in [-0.4, -0.2) is 32.4 Å². The standard InChI is InChI=1S/C15H23NO3S/c1-3-19-14-6-8-15(9-7-14)20(17,18)16-11-4-5-13(2)10-12-16/h6-9,13H,3-5,10-12H2,1-2H3. The first-order valence-electron chi connectivity index (χ1n) is 7.27. The Labute approximate surface area is 121 Å². The number of sulfonamides is 1. The number of nitrogens with zero attached hydrogens (tertiary/aromatic N) is 1. The van der Waals surface area contributed by atoms with Crippen LogP contribution in [0, 0.1) is 5.92 Å². The SMILES string of the molecule is CCOc1ccc(S(=O)(=O)N2CCCC(C)CC2)cc1. The Kier molecular flexibility index (Phi) is 5.05. The lowest BCUT2D eigenvalue weighted by Gasteiger charge is -2.20. The second kappa shape index (κ2) is 6.59. The van der Waals surface area contributed by atoms with Crippen molar-refractivity contribution in [1.82, 2.24) is 4.31 Å². The van der Waals surface area contributed by atoms with E-state index < -0.39 is 10.0 Å². The quantitative estimate of drug-likeness (QED) is 0.858. The van der Waals surface area contributed by atoms with Gasteiger partial charge in [-0.1, -0.05) is 6.92 Å². The molecule has 4 nitrogen and oxygen atoms in total. The van der Waals surface area contributed by atoms with E-state index in [0.717, 1.165) is 19.3 Å². The summed E-state index contributed by atoms with van der Waals surface area (Å²) in [5.41, 5.74) is 0. The molecular formula is C15H23NO3S. The van der Waals surface area contributed by atoms with Gasteiger partial charge in [-0.25, -0.2) is 8.42 Å². The lowest BCUT2D eigenvalue weighted by atomic mass is 10.0. The Morgan fingerprint density at radius 1 is 1.20 bits per heavy atom. The third kappa shape index (κ3) is 3.52. The van der Waals surface area contributed by atoms with E-state index in [1.54, 1.807) is 28.6 Å². The highest BCUT2D eigenvalue weighted by Crippen LogP contribution is 2.24. The first kappa shape index (κ1) is 15.3. The number of ether oxygens (including phenoxy) is 1. The lowest BCUT2D eigenvalue weighted by Crippen LogP contribution is -2.32. The second-order valence-corrected chi connectivity index (χ2v) is 7.28. The molecule has 0 N–H and O–H groups in total. The Balaban J connectivity index is 2.16. The van der Waals surface area contributed by atoms with Crippen molar-refractivity contribution in [2.24, 2.45) is 5.92 Å². The maximum Gasteiger partial charge on any atom is 0.243 e. The summed E-state index contributed by atoms with van der Waals surface area (Å²) in [6, 6.07) is 6.71. The largest absolute Gasteiger partial charge is 0.494 e. The van der Waals surface area contributed by atoms with Gasteiger partial charge in [0.25, 0.3) is 0 Å². The Hall–Kier alpha value is -1.07. The molecule has 1 aliphatic rings. The van der Waals surface area contributed by atoms with Crippen molar-refractivity contribution in [3.05, 3.63) is 24.3 Å². The molecule has 1 saturated heterocycles. The Bertz CT molecular complexity index is 525. The summed E-state index contributed by atoms with van der Waals surface area (Å²) < 4.78 is 32.2. The van der Waals surface area contributed by atoms with Gasteiger partial charge in [0.2, 0.25) is 10.0 Å². The van der Waals surface area contributed by atoms with Crippen LogP contribution in [0.25, 0.3) is 0 Å². The minimum absolute atomic E-state index is 0.357. The summed E-state index contributed by atoms with van der Waals surface area (Å²) in [5, 5.41) is 0. The van der Waals surface area contributed by atoms with Gasteiger partial charge in [0.05, 0.1) is 11.5 Å². The molecule has 1 heterocycles. The fourth-order valence-electron chi connectivity index (χ4n) is 2.50. The second-order valence-electron chi connectivity index (χ2n) is 5.34. The zero-order chi connectivity index (χ0) is 14.6. The van der Waals surface area contributed by atoms with Crippen molar-refractivity contribution in [2.75, 3.05) is 19.7 Å². The molecule has 20 heavy (non-hydrogen) atoms. The first-order valence-corrected chi connectivity index (χ1v) is 8.71. The van der Waals surface area contributed by atoms with E-state index >= 15 is 0 Å². The van der Waals surface area contributed by atoms with Crippen molar-refractivity contribution in [2.45, 2.75) is 38.0 Å². The van der Waals surface area contributed by atoms with Crippen molar-refractivity contribution >= 4 is 10.0 Å². The van der Waals surface area contributed by atoms with E-state index in [9.17, 15) is 8.42 Å². The molecule has 0 aromatic heterocycles. The number of hydrogen-bond donors (Lipinski definition) is 0. The lowest BCUT2D eigenvalue weighted by molar-refractivity contribution is 0.340. The number of rotatable bonds is 4. The van der Waals surface area contributed by atoms with E-state index in [0.29, 0.717) is 36.3 Å². The van der Waals surface area contributed by atoms with Crippen LogP contribution in [0.5, 0.6) is 5.75 Å². The smallest absolute Gasteiger partial charge is 0.243 e. The van der Waals surface area contributed by atoms with E-state index in [-0.39, 0.29) is 0 Å². The van der Waals surface area contributed by atoms with Gasteiger partial charge in [0, 0.05) is 13.1 Å².